The lowest BCUT2D eigenvalue weighted by Gasteiger charge is -2.17. The van der Waals surface area contributed by atoms with Crippen molar-refractivity contribution in [2.24, 2.45) is 0 Å². The van der Waals surface area contributed by atoms with Gasteiger partial charge < -0.3 is 15.0 Å². The molecule has 0 fully saturated rings. The van der Waals surface area contributed by atoms with E-state index in [0.717, 1.165) is 4.90 Å². The smallest absolute Gasteiger partial charge is 0.422 e. The van der Waals surface area contributed by atoms with Crippen LogP contribution in [-0.4, -0.2) is 43.1 Å². The first-order chi connectivity index (χ1) is 10.1. The Balaban J connectivity index is 2.82. The standard InChI is InChI=1S/C13H14ClF3N2O3/c1-8(20)19(2)6-12(21)18-10-5-9(14)3-4-11(10)22-7-13(15,16)17/h3-5H,6-7H2,1-2H3,(H,18,21). The van der Waals surface area contributed by atoms with Crippen molar-refractivity contribution in [2.45, 2.75) is 13.1 Å². The maximum absolute atomic E-state index is 12.2. The number of amides is 2. The molecule has 0 atom stereocenters. The van der Waals surface area contributed by atoms with Gasteiger partial charge in [-0.25, -0.2) is 0 Å². The first kappa shape index (κ1) is 18.1. The van der Waals surface area contributed by atoms with E-state index >= 15 is 0 Å². The van der Waals surface area contributed by atoms with Crippen molar-refractivity contribution < 1.29 is 27.5 Å². The second-order valence-electron chi connectivity index (χ2n) is 4.47. The number of halogens is 4. The van der Waals surface area contributed by atoms with E-state index in [1.807, 2.05) is 0 Å². The Hall–Kier alpha value is -1.96. The van der Waals surface area contributed by atoms with Gasteiger partial charge in [0.25, 0.3) is 0 Å². The average Bonchev–Trinajstić information content (AvgIpc) is 2.36. The van der Waals surface area contributed by atoms with Crippen molar-refractivity contribution in [2.75, 3.05) is 25.5 Å². The van der Waals surface area contributed by atoms with E-state index in [2.05, 4.69) is 10.1 Å². The fourth-order valence-electron chi connectivity index (χ4n) is 1.40. The van der Waals surface area contributed by atoms with Crippen LogP contribution in [-0.2, 0) is 9.59 Å². The number of nitrogens with zero attached hydrogens (tertiary/aromatic N) is 1. The molecule has 5 nitrogen and oxygen atoms in total. The first-order valence-corrected chi connectivity index (χ1v) is 6.47. The fourth-order valence-corrected chi connectivity index (χ4v) is 1.57. The maximum atomic E-state index is 12.2. The summed E-state index contributed by atoms with van der Waals surface area (Å²) >= 11 is 5.75. The maximum Gasteiger partial charge on any atom is 0.422 e. The van der Waals surface area contributed by atoms with E-state index in [1.165, 1.54) is 32.2 Å². The molecule has 0 aliphatic heterocycles. The van der Waals surface area contributed by atoms with Crippen LogP contribution >= 0.6 is 11.6 Å². The van der Waals surface area contributed by atoms with E-state index in [4.69, 9.17) is 11.6 Å². The lowest BCUT2D eigenvalue weighted by atomic mass is 10.3. The van der Waals surface area contributed by atoms with Crippen LogP contribution in [0.5, 0.6) is 5.75 Å². The van der Waals surface area contributed by atoms with Gasteiger partial charge in [0.1, 0.15) is 5.75 Å². The molecule has 9 heteroatoms. The summed E-state index contributed by atoms with van der Waals surface area (Å²) in [6.07, 6.45) is -4.50. The zero-order valence-electron chi connectivity index (χ0n) is 11.8. The van der Waals surface area contributed by atoms with Gasteiger partial charge in [-0.05, 0) is 18.2 Å². The van der Waals surface area contributed by atoms with Crippen LogP contribution in [0.2, 0.25) is 5.02 Å². The molecule has 1 N–H and O–H groups in total. The Morgan fingerprint density at radius 2 is 2.00 bits per heavy atom. The number of benzene rings is 1. The minimum Gasteiger partial charge on any atom is -0.482 e. The van der Waals surface area contributed by atoms with Crippen molar-refractivity contribution >= 4 is 29.1 Å². The van der Waals surface area contributed by atoms with Crippen molar-refractivity contribution in [3.63, 3.8) is 0 Å². The molecule has 1 aromatic carbocycles. The SMILES string of the molecule is CC(=O)N(C)CC(=O)Nc1cc(Cl)ccc1OCC(F)(F)F. The van der Waals surface area contributed by atoms with Gasteiger partial charge in [0.15, 0.2) is 6.61 Å². The molecule has 2 amide bonds. The molecule has 1 aromatic rings. The number of nitrogens with one attached hydrogen (secondary N) is 1. The zero-order chi connectivity index (χ0) is 16.9. The third-order valence-electron chi connectivity index (χ3n) is 2.53. The number of hydrogen-bond donors (Lipinski definition) is 1. The molecule has 0 saturated heterocycles. The predicted molar refractivity (Wildman–Crippen MR) is 74.9 cm³/mol. The van der Waals surface area contributed by atoms with Crippen molar-refractivity contribution in [3.8, 4) is 5.75 Å². The van der Waals surface area contributed by atoms with Crippen LogP contribution in [0.4, 0.5) is 18.9 Å². The lowest BCUT2D eigenvalue weighted by molar-refractivity contribution is -0.153. The van der Waals surface area contributed by atoms with Gasteiger partial charge in [-0.15, -0.1) is 0 Å². The molecule has 0 saturated carbocycles. The highest BCUT2D eigenvalue weighted by atomic mass is 35.5. The summed E-state index contributed by atoms with van der Waals surface area (Å²) in [5, 5.41) is 2.58. The normalized spacial score (nSPS) is 11.0. The highest BCUT2D eigenvalue weighted by Crippen LogP contribution is 2.29. The average molecular weight is 339 g/mol. The number of carbonyl (C=O) groups excluding carboxylic acids is 2. The Labute approximate surface area is 130 Å². The molecule has 0 radical (unpaired) electrons. The number of rotatable bonds is 5. The molecular weight excluding hydrogens is 325 g/mol. The van der Waals surface area contributed by atoms with Gasteiger partial charge in [-0.2, -0.15) is 13.2 Å². The second-order valence-corrected chi connectivity index (χ2v) is 4.90. The number of carbonyl (C=O) groups is 2. The molecule has 0 bridgehead atoms. The first-order valence-electron chi connectivity index (χ1n) is 6.09. The molecule has 1 rings (SSSR count). The Morgan fingerprint density at radius 3 is 2.55 bits per heavy atom. The summed E-state index contributed by atoms with van der Waals surface area (Å²) in [6, 6.07) is 3.82. The van der Waals surface area contributed by atoms with E-state index < -0.39 is 18.7 Å². The highest BCUT2D eigenvalue weighted by molar-refractivity contribution is 6.31. The minimum absolute atomic E-state index is 0.00120. The topological polar surface area (TPSA) is 58.6 Å². The van der Waals surface area contributed by atoms with Crippen LogP contribution in [0.3, 0.4) is 0 Å². The lowest BCUT2D eigenvalue weighted by Crippen LogP contribution is -2.33. The molecule has 22 heavy (non-hydrogen) atoms. The third-order valence-corrected chi connectivity index (χ3v) is 2.76. The van der Waals surface area contributed by atoms with Gasteiger partial charge in [-0.3, -0.25) is 9.59 Å². The van der Waals surface area contributed by atoms with E-state index in [9.17, 15) is 22.8 Å². The molecule has 0 spiro atoms. The van der Waals surface area contributed by atoms with Crippen LogP contribution in [0.15, 0.2) is 18.2 Å². The summed E-state index contributed by atoms with van der Waals surface area (Å²) in [6.45, 7) is -0.462. The molecule has 0 aliphatic rings. The van der Waals surface area contributed by atoms with Gasteiger partial charge in [0.2, 0.25) is 11.8 Å². The second kappa shape index (κ2) is 7.35. The van der Waals surface area contributed by atoms with E-state index in [-0.39, 0.29) is 28.9 Å². The number of alkyl halides is 3. The Bertz CT molecular complexity index is 564. The largest absolute Gasteiger partial charge is 0.482 e. The fraction of sp³-hybridized carbons (Fsp3) is 0.385. The minimum atomic E-state index is -4.50. The summed E-state index contributed by atoms with van der Waals surface area (Å²) in [5.41, 5.74) is -0.00120. The Morgan fingerprint density at radius 1 is 1.36 bits per heavy atom. The van der Waals surface area contributed by atoms with Crippen molar-refractivity contribution in [1.29, 1.82) is 0 Å². The monoisotopic (exact) mass is 338 g/mol. The molecule has 0 heterocycles. The van der Waals surface area contributed by atoms with Crippen LogP contribution in [0, 0.1) is 0 Å². The third kappa shape index (κ3) is 6.21. The van der Waals surface area contributed by atoms with Gasteiger partial charge in [-0.1, -0.05) is 11.6 Å². The van der Waals surface area contributed by atoms with Crippen LogP contribution in [0.1, 0.15) is 6.92 Å². The molecule has 0 unspecified atom stereocenters. The van der Waals surface area contributed by atoms with Gasteiger partial charge >= 0.3 is 6.18 Å². The molecule has 0 aromatic heterocycles. The van der Waals surface area contributed by atoms with Crippen molar-refractivity contribution in [3.05, 3.63) is 23.2 Å². The van der Waals surface area contributed by atoms with Crippen LogP contribution < -0.4 is 10.1 Å². The highest BCUT2D eigenvalue weighted by Gasteiger charge is 2.29. The predicted octanol–water partition coefficient (Wildman–Crippen LogP) is 2.70. The number of ether oxygens (including phenoxy) is 1. The van der Waals surface area contributed by atoms with Crippen molar-refractivity contribution in [1.82, 2.24) is 4.90 Å². The number of likely N-dealkylation sites (N-methyl/N-ethyl adjacent to an activating group) is 1. The number of hydrogen-bond acceptors (Lipinski definition) is 3. The van der Waals surface area contributed by atoms with Gasteiger partial charge in [0.05, 0.1) is 12.2 Å². The van der Waals surface area contributed by atoms with E-state index in [0.29, 0.717) is 0 Å². The summed E-state index contributed by atoms with van der Waals surface area (Å²) in [7, 11) is 1.42. The molecule has 0 aliphatic carbocycles. The summed E-state index contributed by atoms with van der Waals surface area (Å²) in [4.78, 5) is 24.0. The Kier molecular flexibility index (Phi) is 6.04. The van der Waals surface area contributed by atoms with Crippen LogP contribution in [0.25, 0.3) is 0 Å². The summed E-state index contributed by atoms with van der Waals surface area (Å²) in [5.74, 6) is -1.08. The van der Waals surface area contributed by atoms with E-state index in [1.54, 1.807) is 0 Å². The zero-order valence-corrected chi connectivity index (χ0v) is 12.6. The summed E-state index contributed by atoms with van der Waals surface area (Å²) < 4.78 is 41.2. The number of anilines is 1. The molecule has 122 valence electrons. The molecular formula is C13H14ClF3N2O3. The quantitative estimate of drug-likeness (QED) is 0.898. The van der Waals surface area contributed by atoms with Gasteiger partial charge in [0, 0.05) is 19.0 Å².